The fourth-order valence-corrected chi connectivity index (χ4v) is 5.99. The fraction of sp³-hybridized carbons (Fsp3) is 0.571. The lowest BCUT2D eigenvalue weighted by Gasteiger charge is -2.29. The Balaban J connectivity index is 1.36. The van der Waals surface area contributed by atoms with Crippen molar-refractivity contribution < 1.29 is 0 Å². The van der Waals surface area contributed by atoms with E-state index in [1.54, 1.807) is 0 Å². The minimum absolute atomic E-state index is 0.496. The van der Waals surface area contributed by atoms with Crippen LogP contribution in [0.3, 0.4) is 0 Å². The average Bonchev–Trinajstić information content (AvgIpc) is 3.46. The maximum absolute atomic E-state index is 5.02. The van der Waals surface area contributed by atoms with Gasteiger partial charge in [0.15, 0.2) is 5.82 Å². The standard InChI is InChI=1S/C28H40N6/c1-5-23-18-22(17-21-13-15-32(4)16-14-21)11-12-25(23)30-28-29-19-26-27(31-28)34(20(3)33(26)6-2)24-9-7-8-10-24/h11-12,18-19,21,24H,3,5-10,13-17H2,1-2,4H3,(H,29,30,31). The molecule has 1 saturated heterocycles. The van der Waals surface area contributed by atoms with Crippen LogP contribution in [0.4, 0.5) is 23.1 Å². The highest BCUT2D eigenvalue weighted by atomic mass is 15.4. The van der Waals surface area contributed by atoms with E-state index >= 15 is 0 Å². The number of nitrogens with one attached hydrogen (secondary N) is 1. The third-order valence-electron chi connectivity index (χ3n) is 8.02. The Labute approximate surface area is 205 Å². The van der Waals surface area contributed by atoms with Gasteiger partial charge in [-0.1, -0.05) is 38.5 Å². The van der Waals surface area contributed by atoms with E-state index in [9.17, 15) is 0 Å². The number of nitrogens with zero attached hydrogens (tertiary/aromatic N) is 5. The first-order valence-corrected chi connectivity index (χ1v) is 13.3. The fourth-order valence-electron chi connectivity index (χ4n) is 5.99. The van der Waals surface area contributed by atoms with E-state index in [1.807, 2.05) is 6.20 Å². The summed E-state index contributed by atoms with van der Waals surface area (Å²) >= 11 is 0. The van der Waals surface area contributed by atoms with Crippen molar-refractivity contribution in [1.29, 1.82) is 0 Å². The Kier molecular flexibility index (Phi) is 6.77. The van der Waals surface area contributed by atoms with Crippen molar-refractivity contribution in [1.82, 2.24) is 14.9 Å². The summed E-state index contributed by atoms with van der Waals surface area (Å²) < 4.78 is 0. The first-order chi connectivity index (χ1) is 16.6. The van der Waals surface area contributed by atoms with Crippen LogP contribution in [0.15, 0.2) is 36.8 Å². The predicted molar refractivity (Wildman–Crippen MR) is 142 cm³/mol. The van der Waals surface area contributed by atoms with Crippen molar-refractivity contribution in [2.24, 2.45) is 5.92 Å². The number of hydrogen-bond acceptors (Lipinski definition) is 6. The molecule has 2 fully saturated rings. The van der Waals surface area contributed by atoms with Crippen LogP contribution in [0.1, 0.15) is 63.5 Å². The van der Waals surface area contributed by atoms with Crippen molar-refractivity contribution >= 4 is 23.1 Å². The van der Waals surface area contributed by atoms with Crippen LogP contribution in [0, 0.1) is 5.92 Å². The van der Waals surface area contributed by atoms with E-state index in [1.165, 1.54) is 69.2 Å². The number of benzene rings is 1. The smallest absolute Gasteiger partial charge is 0.229 e. The lowest BCUT2D eigenvalue weighted by Crippen LogP contribution is -2.34. The normalized spacial score (nSPS) is 19.8. The second kappa shape index (κ2) is 9.95. The Morgan fingerprint density at radius 2 is 1.85 bits per heavy atom. The third kappa shape index (κ3) is 4.52. The van der Waals surface area contributed by atoms with Crippen molar-refractivity contribution in [3.8, 4) is 0 Å². The van der Waals surface area contributed by atoms with Gasteiger partial charge in [-0.25, -0.2) is 4.98 Å². The highest BCUT2D eigenvalue weighted by Gasteiger charge is 2.37. The van der Waals surface area contributed by atoms with Crippen LogP contribution in [0.5, 0.6) is 0 Å². The molecule has 34 heavy (non-hydrogen) atoms. The molecule has 3 heterocycles. The zero-order valence-corrected chi connectivity index (χ0v) is 21.2. The van der Waals surface area contributed by atoms with Gasteiger partial charge in [0.1, 0.15) is 11.5 Å². The van der Waals surface area contributed by atoms with Gasteiger partial charge >= 0.3 is 0 Å². The molecule has 0 unspecified atom stereocenters. The highest BCUT2D eigenvalue weighted by molar-refractivity contribution is 5.80. The molecule has 2 aromatic rings. The topological polar surface area (TPSA) is 47.5 Å². The molecule has 3 aliphatic rings. The van der Waals surface area contributed by atoms with Crippen LogP contribution < -0.4 is 15.1 Å². The average molecular weight is 461 g/mol. The van der Waals surface area contributed by atoms with Crippen molar-refractivity contribution in [3.05, 3.63) is 47.9 Å². The molecule has 0 amide bonds. The van der Waals surface area contributed by atoms with Gasteiger partial charge in [-0.05, 0) is 88.7 Å². The summed E-state index contributed by atoms with van der Waals surface area (Å²) in [5.74, 6) is 3.53. The Morgan fingerprint density at radius 1 is 1.09 bits per heavy atom. The van der Waals surface area contributed by atoms with E-state index in [0.717, 1.165) is 41.9 Å². The SMILES string of the molecule is C=C1N(CC)c2cnc(Nc3ccc(CC4CCN(C)CC4)cc3CC)nc2N1C1CCCC1. The van der Waals surface area contributed by atoms with Gasteiger partial charge in [0, 0.05) is 18.3 Å². The number of aromatic nitrogens is 2. The van der Waals surface area contributed by atoms with Crippen LogP contribution in [-0.2, 0) is 12.8 Å². The van der Waals surface area contributed by atoms with E-state index in [2.05, 4.69) is 65.7 Å². The first-order valence-electron chi connectivity index (χ1n) is 13.3. The number of likely N-dealkylation sites (tertiary alicyclic amines) is 1. The summed E-state index contributed by atoms with van der Waals surface area (Å²) in [5.41, 5.74) is 4.98. The first kappa shape index (κ1) is 23.2. The van der Waals surface area contributed by atoms with Crippen molar-refractivity contribution in [3.63, 3.8) is 0 Å². The number of rotatable bonds is 7. The quantitative estimate of drug-likeness (QED) is 0.570. The van der Waals surface area contributed by atoms with E-state index in [0.29, 0.717) is 12.0 Å². The Bertz CT molecular complexity index is 1020. The summed E-state index contributed by atoms with van der Waals surface area (Å²) in [6, 6.07) is 7.40. The maximum Gasteiger partial charge on any atom is 0.229 e. The summed E-state index contributed by atoms with van der Waals surface area (Å²) in [5, 5.41) is 3.54. The number of hydrogen-bond donors (Lipinski definition) is 1. The third-order valence-corrected chi connectivity index (χ3v) is 8.02. The molecule has 5 rings (SSSR count). The van der Waals surface area contributed by atoms with Gasteiger partial charge in [0.2, 0.25) is 5.95 Å². The van der Waals surface area contributed by atoms with Gasteiger partial charge in [-0.3, -0.25) is 0 Å². The summed E-state index contributed by atoms with van der Waals surface area (Å²) in [6.07, 6.45) is 11.7. The second-order valence-electron chi connectivity index (χ2n) is 10.3. The second-order valence-corrected chi connectivity index (χ2v) is 10.3. The van der Waals surface area contributed by atoms with Gasteiger partial charge in [0.25, 0.3) is 0 Å². The van der Waals surface area contributed by atoms with E-state index < -0.39 is 0 Å². The van der Waals surface area contributed by atoms with Gasteiger partial charge in [-0.2, -0.15) is 4.98 Å². The van der Waals surface area contributed by atoms with Gasteiger partial charge in [0.05, 0.1) is 6.20 Å². The molecule has 6 nitrogen and oxygen atoms in total. The van der Waals surface area contributed by atoms with E-state index in [4.69, 9.17) is 9.97 Å². The van der Waals surface area contributed by atoms with Crippen LogP contribution >= 0.6 is 0 Å². The van der Waals surface area contributed by atoms with Gasteiger partial charge in [-0.15, -0.1) is 0 Å². The zero-order valence-electron chi connectivity index (χ0n) is 21.2. The molecule has 0 spiro atoms. The number of aryl methyl sites for hydroxylation is 1. The zero-order chi connectivity index (χ0) is 23.7. The predicted octanol–water partition coefficient (Wildman–Crippen LogP) is 5.73. The molecule has 1 aromatic heterocycles. The van der Waals surface area contributed by atoms with Gasteiger partial charge < -0.3 is 20.0 Å². The van der Waals surface area contributed by atoms with Crippen molar-refractivity contribution in [2.75, 3.05) is 41.8 Å². The number of anilines is 4. The maximum atomic E-state index is 5.02. The van der Waals surface area contributed by atoms with E-state index in [-0.39, 0.29) is 0 Å². The van der Waals surface area contributed by atoms with Crippen molar-refractivity contribution in [2.45, 2.75) is 71.3 Å². The summed E-state index contributed by atoms with van der Waals surface area (Å²) in [7, 11) is 2.23. The molecule has 6 heteroatoms. The van der Waals surface area contributed by atoms with Crippen LogP contribution in [0.25, 0.3) is 0 Å². The molecule has 1 saturated carbocycles. The molecule has 182 valence electrons. The molecule has 0 radical (unpaired) electrons. The number of fused-ring (bicyclic) bond motifs is 1. The lowest BCUT2D eigenvalue weighted by molar-refractivity contribution is 0.219. The Morgan fingerprint density at radius 3 is 2.56 bits per heavy atom. The summed E-state index contributed by atoms with van der Waals surface area (Å²) in [6.45, 7) is 12.1. The molecule has 1 aliphatic carbocycles. The van der Waals surface area contributed by atoms with Crippen LogP contribution in [0.2, 0.25) is 0 Å². The minimum atomic E-state index is 0.496. The molecule has 1 N–H and O–H groups in total. The van der Waals surface area contributed by atoms with Crippen LogP contribution in [-0.4, -0.2) is 47.6 Å². The number of piperidine rings is 1. The molecular weight excluding hydrogens is 420 g/mol. The Hall–Kier alpha value is -2.60. The largest absolute Gasteiger partial charge is 0.324 e. The highest BCUT2D eigenvalue weighted by Crippen LogP contribution is 2.43. The molecule has 1 aromatic carbocycles. The molecule has 2 aliphatic heterocycles. The monoisotopic (exact) mass is 460 g/mol. The molecule has 0 bridgehead atoms. The molecule has 0 atom stereocenters. The lowest BCUT2D eigenvalue weighted by atomic mass is 9.89. The molecular formula is C28H40N6. The summed E-state index contributed by atoms with van der Waals surface area (Å²) in [4.78, 5) is 16.8. The minimum Gasteiger partial charge on any atom is -0.324 e.